The molecule has 34 heavy (non-hydrogen) atoms. The second-order valence-corrected chi connectivity index (χ2v) is 10.7. The molecule has 0 atom stereocenters. The first-order valence-electron chi connectivity index (χ1n) is 13.4. The summed E-state index contributed by atoms with van der Waals surface area (Å²) in [5, 5.41) is 3.34. The number of carbonyl (C=O) groups is 2. The van der Waals surface area contributed by atoms with Crippen molar-refractivity contribution in [3.63, 3.8) is 0 Å². The van der Waals surface area contributed by atoms with Gasteiger partial charge in [0.25, 0.3) is 0 Å². The van der Waals surface area contributed by atoms with E-state index in [1.165, 1.54) is 31.4 Å². The van der Waals surface area contributed by atoms with E-state index in [4.69, 9.17) is 4.74 Å². The number of nitrogens with one attached hydrogen (secondary N) is 1. The maximum absolute atomic E-state index is 13.1. The van der Waals surface area contributed by atoms with Gasteiger partial charge >= 0.3 is 0 Å². The highest BCUT2D eigenvalue weighted by atomic mass is 19.1. The van der Waals surface area contributed by atoms with Crippen molar-refractivity contribution >= 4 is 11.7 Å². The molecule has 1 aromatic carbocycles. The minimum absolute atomic E-state index is 0.0605. The number of likely N-dealkylation sites (tertiary alicyclic amines) is 1. The summed E-state index contributed by atoms with van der Waals surface area (Å²) in [5.74, 6) is 1.09. The van der Waals surface area contributed by atoms with Crippen molar-refractivity contribution in [1.82, 2.24) is 10.2 Å². The summed E-state index contributed by atoms with van der Waals surface area (Å²) < 4.78 is 18.5. The van der Waals surface area contributed by atoms with Gasteiger partial charge in [0, 0.05) is 30.6 Å². The highest BCUT2D eigenvalue weighted by molar-refractivity contribution is 5.97. The first-order valence-corrected chi connectivity index (χ1v) is 13.4. The largest absolute Gasteiger partial charge is 0.381 e. The number of ketones is 1. The molecule has 0 aromatic heterocycles. The van der Waals surface area contributed by atoms with E-state index >= 15 is 0 Å². The van der Waals surface area contributed by atoms with E-state index in [0.29, 0.717) is 17.7 Å². The van der Waals surface area contributed by atoms with Crippen LogP contribution in [0, 0.1) is 23.6 Å². The second-order valence-electron chi connectivity index (χ2n) is 10.7. The summed E-state index contributed by atoms with van der Waals surface area (Å²) in [7, 11) is 1.77. The molecule has 1 N–H and O–H groups in total. The van der Waals surface area contributed by atoms with Gasteiger partial charge in [-0.2, -0.15) is 0 Å². The Morgan fingerprint density at radius 2 is 1.56 bits per heavy atom. The number of hydrogen-bond donors (Lipinski definition) is 1. The van der Waals surface area contributed by atoms with Crippen LogP contribution >= 0.6 is 0 Å². The number of ether oxygens (including phenoxy) is 1. The molecule has 2 saturated carbocycles. The number of carbonyl (C=O) groups excluding carboxylic acids is 2. The van der Waals surface area contributed by atoms with Crippen LogP contribution in [0.25, 0.3) is 0 Å². The van der Waals surface area contributed by atoms with Crippen molar-refractivity contribution < 1.29 is 18.7 Å². The van der Waals surface area contributed by atoms with Crippen LogP contribution in [0.2, 0.25) is 0 Å². The minimum atomic E-state index is -0.298. The molecule has 0 radical (unpaired) electrons. The van der Waals surface area contributed by atoms with Gasteiger partial charge in [-0.3, -0.25) is 9.59 Å². The molecule has 0 bridgehead atoms. The first-order chi connectivity index (χ1) is 16.5. The summed E-state index contributed by atoms with van der Waals surface area (Å²) >= 11 is 0. The van der Waals surface area contributed by atoms with Gasteiger partial charge in [0.15, 0.2) is 5.78 Å². The number of benzene rings is 1. The predicted molar refractivity (Wildman–Crippen MR) is 131 cm³/mol. The van der Waals surface area contributed by atoms with Gasteiger partial charge in [0.05, 0.1) is 6.10 Å². The fourth-order valence-electron chi connectivity index (χ4n) is 6.11. The van der Waals surface area contributed by atoms with Crippen molar-refractivity contribution in [1.29, 1.82) is 0 Å². The normalized spacial score (nSPS) is 29.0. The predicted octanol–water partition coefficient (Wildman–Crippen LogP) is 4.99. The van der Waals surface area contributed by atoms with Gasteiger partial charge in [-0.25, -0.2) is 4.39 Å². The molecule has 1 aromatic rings. The molecular formula is C28H41FN2O3. The number of halogens is 1. The Balaban J connectivity index is 1.10. The summed E-state index contributed by atoms with van der Waals surface area (Å²) in [5.41, 5.74) is 0.631. The van der Waals surface area contributed by atoms with Gasteiger partial charge in [0.2, 0.25) is 5.91 Å². The molecular weight excluding hydrogens is 431 g/mol. The lowest BCUT2D eigenvalue weighted by molar-refractivity contribution is -0.127. The molecule has 5 nitrogen and oxygen atoms in total. The van der Waals surface area contributed by atoms with Crippen LogP contribution in [0.4, 0.5) is 4.39 Å². The third kappa shape index (κ3) is 6.88. The SMILES string of the molecule is COC1CCC(C(=O)NC2CCC(CCN3CCC(C(=O)c4ccc(F)cc4)CC3)CC2)CC1. The second kappa shape index (κ2) is 12.3. The van der Waals surface area contributed by atoms with E-state index in [1.807, 2.05) is 0 Å². The molecule has 1 saturated heterocycles. The Bertz CT molecular complexity index is 790. The van der Waals surface area contributed by atoms with E-state index in [0.717, 1.165) is 76.9 Å². The fourth-order valence-corrected chi connectivity index (χ4v) is 6.11. The maximum Gasteiger partial charge on any atom is 0.223 e. The molecule has 1 amide bonds. The molecule has 0 unspecified atom stereocenters. The van der Waals surface area contributed by atoms with Gasteiger partial charge < -0.3 is 15.0 Å². The lowest BCUT2D eigenvalue weighted by Gasteiger charge is -2.34. The number of methoxy groups -OCH3 is 1. The summed E-state index contributed by atoms with van der Waals surface area (Å²) in [6.07, 6.45) is 11.8. The number of nitrogens with zero attached hydrogens (tertiary/aromatic N) is 1. The zero-order chi connectivity index (χ0) is 23.9. The van der Waals surface area contributed by atoms with E-state index in [1.54, 1.807) is 19.2 Å². The number of Topliss-reactive ketones (excluding diaryl/α,β-unsaturated/α-hetero) is 1. The third-order valence-corrected chi connectivity index (χ3v) is 8.51. The van der Waals surface area contributed by atoms with E-state index in [2.05, 4.69) is 10.2 Å². The lowest BCUT2D eigenvalue weighted by atomic mass is 9.82. The van der Waals surface area contributed by atoms with Gasteiger partial charge in [-0.15, -0.1) is 0 Å². The van der Waals surface area contributed by atoms with Crippen LogP contribution in [0.5, 0.6) is 0 Å². The Kier molecular flexibility index (Phi) is 9.12. The van der Waals surface area contributed by atoms with Crippen LogP contribution < -0.4 is 5.32 Å². The number of piperidine rings is 1. The van der Waals surface area contributed by atoms with Crippen molar-refractivity contribution in [2.45, 2.75) is 82.8 Å². The molecule has 1 aliphatic heterocycles. The van der Waals surface area contributed by atoms with E-state index in [-0.39, 0.29) is 29.3 Å². The highest BCUT2D eigenvalue weighted by Crippen LogP contribution is 2.30. The van der Waals surface area contributed by atoms with Crippen molar-refractivity contribution in [3.05, 3.63) is 35.6 Å². The van der Waals surface area contributed by atoms with E-state index in [9.17, 15) is 14.0 Å². The molecule has 2 aliphatic carbocycles. The molecule has 1 heterocycles. The van der Waals surface area contributed by atoms with Gasteiger partial charge in [0.1, 0.15) is 5.82 Å². The average molecular weight is 473 g/mol. The Morgan fingerprint density at radius 3 is 2.18 bits per heavy atom. The monoisotopic (exact) mass is 472 g/mol. The van der Waals surface area contributed by atoms with Crippen LogP contribution in [0.3, 0.4) is 0 Å². The zero-order valence-corrected chi connectivity index (χ0v) is 20.6. The summed E-state index contributed by atoms with van der Waals surface area (Å²) in [6, 6.07) is 6.30. The quantitative estimate of drug-likeness (QED) is 0.542. The molecule has 6 heteroatoms. The number of rotatable bonds is 8. The average Bonchev–Trinajstić information content (AvgIpc) is 2.88. The van der Waals surface area contributed by atoms with Crippen LogP contribution in [0.1, 0.15) is 81.0 Å². The van der Waals surface area contributed by atoms with Crippen LogP contribution in [-0.4, -0.2) is 55.5 Å². The standard InChI is InChI=1S/C28H41FN2O3/c1-34-26-12-6-23(7-13-26)28(33)30-25-10-2-20(3-11-25)14-17-31-18-15-22(16-19-31)27(32)21-4-8-24(29)9-5-21/h4-5,8-9,20,22-23,25-26H,2-3,6-7,10-19H2,1H3,(H,30,33). The smallest absolute Gasteiger partial charge is 0.223 e. The van der Waals surface area contributed by atoms with Crippen molar-refractivity contribution in [3.8, 4) is 0 Å². The van der Waals surface area contributed by atoms with Crippen LogP contribution in [-0.2, 0) is 9.53 Å². The molecule has 3 aliphatic rings. The summed E-state index contributed by atoms with van der Waals surface area (Å²) in [6.45, 7) is 3.03. The molecule has 4 rings (SSSR count). The summed E-state index contributed by atoms with van der Waals surface area (Å²) in [4.78, 5) is 27.8. The number of hydrogen-bond acceptors (Lipinski definition) is 4. The van der Waals surface area contributed by atoms with E-state index < -0.39 is 0 Å². The molecule has 188 valence electrons. The topological polar surface area (TPSA) is 58.6 Å². The number of amides is 1. The van der Waals surface area contributed by atoms with Crippen LogP contribution in [0.15, 0.2) is 24.3 Å². The zero-order valence-electron chi connectivity index (χ0n) is 20.6. The maximum atomic E-state index is 13.1. The Labute approximate surface area is 203 Å². The highest BCUT2D eigenvalue weighted by Gasteiger charge is 2.30. The Morgan fingerprint density at radius 1 is 0.912 bits per heavy atom. The minimum Gasteiger partial charge on any atom is -0.381 e. The molecule has 0 spiro atoms. The molecule has 3 fully saturated rings. The first kappa shape index (κ1) is 25.3. The van der Waals surface area contributed by atoms with Crippen molar-refractivity contribution in [2.75, 3.05) is 26.7 Å². The van der Waals surface area contributed by atoms with Gasteiger partial charge in [-0.05, 0) is 120 Å². The fraction of sp³-hybridized carbons (Fsp3) is 0.714. The Hall–Kier alpha value is -1.79. The van der Waals surface area contributed by atoms with Crippen molar-refractivity contribution in [2.24, 2.45) is 17.8 Å². The van der Waals surface area contributed by atoms with Gasteiger partial charge in [-0.1, -0.05) is 0 Å². The third-order valence-electron chi connectivity index (χ3n) is 8.51. The lowest BCUT2D eigenvalue weighted by Crippen LogP contribution is -2.42.